The van der Waals surface area contributed by atoms with E-state index >= 15 is 0 Å². The lowest BCUT2D eigenvalue weighted by Crippen LogP contribution is -2.73. The highest BCUT2D eigenvalue weighted by atomic mass is 15.3. The Hall–Kier alpha value is -1.50. The first-order chi connectivity index (χ1) is 12.4. The molecule has 1 aromatic carbocycles. The first-order valence-electron chi connectivity index (χ1n) is 10.6. The number of rotatable bonds is 0. The lowest BCUT2D eigenvalue weighted by atomic mass is 9.50. The zero-order valence-corrected chi connectivity index (χ0v) is 16.9. The average Bonchev–Trinajstić information content (AvgIpc) is 3.23. The van der Waals surface area contributed by atoms with Crippen LogP contribution in [0.3, 0.4) is 0 Å². The SMILES string of the molecule is C/C=C1\C(=C/C)C23CCC(C)(CC2)C2N3c3c1cccc3C1(C)CC21C. The molecule has 1 spiro atoms. The third-order valence-corrected chi connectivity index (χ3v) is 9.59. The van der Waals surface area contributed by atoms with Crippen molar-refractivity contribution in [1.29, 1.82) is 0 Å². The third kappa shape index (κ3) is 1.30. The van der Waals surface area contributed by atoms with Gasteiger partial charge in [-0.15, -0.1) is 0 Å². The second-order valence-corrected chi connectivity index (χ2v) is 10.5. The van der Waals surface area contributed by atoms with Crippen LogP contribution in [0.4, 0.5) is 5.69 Å². The van der Waals surface area contributed by atoms with Crippen molar-refractivity contribution in [1.82, 2.24) is 0 Å². The van der Waals surface area contributed by atoms with Gasteiger partial charge in [-0.3, -0.25) is 0 Å². The van der Waals surface area contributed by atoms with E-state index in [1.54, 1.807) is 16.8 Å². The fraction of sp³-hybridized carbons (Fsp3) is 0.600. The molecule has 2 saturated carbocycles. The second-order valence-electron chi connectivity index (χ2n) is 10.5. The summed E-state index contributed by atoms with van der Waals surface area (Å²) in [6.07, 6.45) is 11.6. The van der Waals surface area contributed by atoms with E-state index in [0.717, 1.165) is 0 Å². The van der Waals surface area contributed by atoms with Gasteiger partial charge in [0.15, 0.2) is 0 Å². The third-order valence-electron chi connectivity index (χ3n) is 9.59. The topological polar surface area (TPSA) is 3.24 Å². The van der Waals surface area contributed by atoms with E-state index in [9.17, 15) is 0 Å². The minimum absolute atomic E-state index is 0.245. The summed E-state index contributed by atoms with van der Waals surface area (Å²) in [4.78, 5) is 2.99. The van der Waals surface area contributed by atoms with Crippen LogP contribution in [0.15, 0.2) is 35.9 Å². The van der Waals surface area contributed by atoms with Crippen molar-refractivity contribution in [2.45, 2.75) is 83.7 Å². The maximum absolute atomic E-state index is 2.99. The van der Waals surface area contributed by atoms with Gasteiger partial charge in [-0.05, 0) is 73.5 Å². The molecule has 1 aromatic rings. The van der Waals surface area contributed by atoms with Gasteiger partial charge in [0.1, 0.15) is 0 Å². The van der Waals surface area contributed by atoms with E-state index in [4.69, 9.17) is 0 Å². The zero-order valence-electron chi connectivity index (χ0n) is 16.9. The van der Waals surface area contributed by atoms with E-state index < -0.39 is 0 Å². The molecule has 2 aliphatic carbocycles. The number of hydrogen-bond donors (Lipinski definition) is 0. The fourth-order valence-electron chi connectivity index (χ4n) is 8.19. The number of piperidine rings is 2. The molecule has 4 fully saturated rings. The fourth-order valence-corrected chi connectivity index (χ4v) is 8.19. The first-order valence-corrected chi connectivity index (χ1v) is 10.6. The van der Waals surface area contributed by atoms with E-state index in [2.05, 4.69) is 69.9 Å². The number of hydrogen-bond acceptors (Lipinski definition) is 1. The van der Waals surface area contributed by atoms with Crippen molar-refractivity contribution in [2.24, 2.45) is 10.8 Å². The van der Waals surface area contributed by atoms with Crippen LogP contribution in [-0.2, 0) is 5.41 Å². The number of para-hydroxylation sites is 1. The Labute approximate surface area is 158 Å². The summed E-state index contributed by atoms with van der Waals surface area (Å²) < 4.78 is 0. The van der Waals surface area contributed by atoms with Gasteiger partial charge in [-0.1, -0.05) is 51.1 Å². The summed E-state index contributed by atoms with van der Waals surface area (Å²) in [5, 5.41) is 0. The van der Waals surface area contributed by atoms with Crippen LogP contribution < -0.4 is 4.90 Å². The van der Waals surface area contributed by atoms with Crippen LogP contribution in [-0.4, -0.2) is 11.6 Å². The van der Waals surface area contributed by atoms with Gasteiger partial charge >= 0.3 is 0 Å². The number of allylic oxidation sites excluding steroid dienone is 2. The quantitative estimate of drug-likeness (QED) is 0.538. The molecule has 4 aliphatic heterocycles. The number of anilines is 1. The van der Waals surface area contributed by atoms with E-state index in [1.807, 2.05) is 0 Å². The molecule has 3 unspecified atom stereocenters. The molecule has 0 radical (unpaired) electrons. The molecular formula is C25H31N. The van der Waals surface area contributed by atoms with Crippen molar-refractivity contribution in [3.05, 3.63) is 47.1 Å². The van der Waals surface area contributed by atoms with Gasteiger partial charge in [-0.25, -0.2) is 0 Å². The average molecular weight is 346 g/mol. The molecule has 1 heteroatoms. The highest BCUT2D eigenvalue weighted by molar-refractivity contribution is 5.96. The highest BCUT2D eigenvalue weighted by Gasteiger charge is 2.77. The van der Waals surface area contributed by atoms with Crippen molar-refractivity contribution in [3.63, 3.8) is 0 Å². The molecular weight excluding hydrogens is 314 g/mol. The molecule has 0 amide bonds. The lowest BCUT2D eigenvalue weighted by Gasteiger charge is -2.71. The molecule has 6 aliphatic rings. The summed E-state index contributed by atoms with van der Waals surface area (Å²) >= 11 is 0. The Kier molecular flexibility index (Phi) is 2.49. The number of fused-ring (bicyclic) bond motifs is 4. The maximum Gasteiger partial charge on any atom is 0.0660 e. The Bertz CT molecular complexity index is 910. The van der Waals surface area contributed by atoms with Crippen LogP contribution in [0.2, 0.25) is 0 Å². The van der Waals surface area contributed by atoms with Crippen molar-refractivity contribution in [3.8, 4) is 0 Å². The van der Waals surface area contributed by atoms with Crippen LogP contribution in [0.25, 0.3) is 5.57 Å². The summed E-state index contributed by atoms with van der Waals surface area (Å²) in [5.74, 6) is 0. The molecule has 3 atom stereocenters. The minimum atomic E-state index is 0.245. The van der Waals surface area contributed by atoms with Crippen LogP contribution >= 0.6 is 0 Å². The van der Waals surface area contributed by atoms with Gasteiger partial charge in [0.05, 0.1) is 5.54 Å². The second kappa shape index (κ2) is 4.16. The Morgan fingerprint density at radius 2 is 1.73 bits per heavy atom. The summed E-state index contributed by atoms with van der Waals surface area (Å²) in [6, 6.07) is 7.86. The molecule has 0 N–H and O–H groups in total. The molecule has 2 saturated heterocycles. The summed E-state index contributed by atoms with van der Waals surface area (Å²) in [7, 11) is 0. The molecule has 0 aromatic heterocycles. The van der Waals surface area contributed by atoms with Gasteiger partial charge in [-0.2, -0.15) is 0 Å². The van der Waals surface area contributed by atoms with E-state index in [-0.39, 0.29) is 5.54 Å². The van der Waals surface area contributed by atoms with Crippen LogP contribution in [0.1, 0.15) is 77.8 Å². The van der Waals surface area contributed by atoms with Crippen molar-refractivity contribution < 1.29 is 0 Å². The Morgan fingerprint density at radius 3 is 2.38 bits per heavy atom. The summed E-state index contributed by atoms with van der Waals surface area (Å²) in [5.41, 5.74) is 9.40. The minimum Gasteiger partial charge on any atom is -0.357 e. The molecule has 2 bridgehead atoms. The standard InChI is InChI=1S/C25H31N/c1-6-16-17-9-8-10-19-20(17)26-21(24(5)15-23(19,24)4)22(3)11-13-25(26,14-12-22)18(16)7-2/h6-10,21H,11-15H2,1-5H3/b16-6-,18-7+. The number of nitrogens with zero attached hydrogens (tertiary/aromatic N) is 1. The molecule has 136 valence electrons. The molecule has 4 heterocycles. The predicted octanol–water partition coefficient (Wildman–Crippen LogP) is 6.24. The first kappa shape index (κ1) is 15.5. The van der Waals surface area contributed by atoms with Crippen LogP contribution in [0.5, 0.6) is 0 Å². The van der Waals surface area contributed by atoms with E-state index in [0.29, 0.717) is 22.3 Å². The van der Waals surface area contributed by atoms with Gasteiger partial charge in [0.25, 0.3) is 0 Å². The summed E-state index contributed by atoms with van der Waals surface area (Å²) in [6.45, 7) is 12.3. The normalized spacial score (nSPS) is 50.0. The lowest BCUT2D eigenvalue weighted by molar-refractivity contribution is 0.0104. The zero-order chi connectivity index (χ0) is 18.1. The van der Waals surface area contributed by atoms with Crippen molar-refractivity contribution >= 4 is 11.3 Å². The Morgan fingerprint density at radius 1 is 1.00 bits per heavy atom. The largest absolute Gasteiger partial charge is 0.357 e. The molecule has 1 nitrogen and oxygen atoms in total. The maximum atomic E-state index is 2.99. The van der Waals surface area contributed by atoms with Crippen LogP contribution in [0, 0.1) is 10.8 Å². The van der Waals surface area contributed by atoms with Crippen molar-refractivity contribution in [2.75, 3.05) is 4.90 Å². The number of benzene rings is 1. The smallest absolute Gasteiger partial charge is 0.0660 e. The van der Waals surface area contributed by atoms with E-state index in [1.165, 1.54) is 43.2 Å². The monoisotopic (exact) mass is 345 g/mol. The Balaban J connectivity index is 1.78. The van der Waals surface area contributed by atoms with Gasteiger partial charge in [0, 0.05) is 22.7 Å². The highest BCUT2D eigenvalue weighted by Crippen LogP contribution is 2.79. The van der Waals surface area contributed by atoms with Gasteiger partial charge < -0.3 is 4.90 Å². The molecule has 7 rings (SSSR count). The predicted molar refractivity (Wildman–Crippen MR) is 109 cm³/mol. The van der Waals surface area contributed by atoms with Gasteiger partial charge in [0.2, 0.25) is 0 Å². The molecule has 26 heavy (non-hydrogen) atoms.